The largest absolute Gasteiger partial charge is 0.371 e. The summed E-state index contributed by atoms with van der Waals surface area (Å²) in [7, 11) is 2.19. The minimum Gasteiger partial charge on any atom is -0.371 e. The quantitative estimate of drug-likeness (QED) is 0.849. The number of anilines is 1. The Labute approximate surface area is 95.8 Å². The molecule has 0 amide bonds. The van der Waals surface area contributed by atoms with Crippen molar-refractivity contribution in [3.05, 3.63) is 29.8 Å². The van der Waals surface area contributed by atoms with Crippen molar-refractivity contribution in [1.82, 2.24) is 0 Å². The van der Waals surface area contributed by atoms with Gasteiger partial charge in [0.15, 0.2) is 0 Å². The Bertz CT molecular complexity index is 321. The van der Waals surface area contributed by atoms with Crippen molar-refractivity contribution in [2.24, 2.45) is 5.73 Å². The summed E-state index contributed by atoms with van der Waals surface area (Å²) in [6.45, 7) is 0.626. The lowest BCUT2D eigenvalue weighted by Gasteiger charge is -2.26. The fourth-order valence-electron chi connectivity index (χ4n) is 1.94. The minimum absolute atomic E-state index is 0.626. The Morgan fingerprint density at radius 3 is 3.07 bits per heavy atom. The monoisotopic (exact) mass is 222 g/mol. The zero-order valence-corrected chi connectivity index (χ0v) is 9.96. The van der Waals surface area contributed by atoms with E-state index in [9.17, 15) is 0 Å². The van der Waals surface area contributed by atoms with E-state index in [4.69, 9.17) is 5.73 Å². The third-order valence-electron chi connectivity index (χ3n) is 3.01. The van der Waals surface area contributed by atoms with Crippen LogP contribution >= 0.6 is 11.8 Å². The van der Waals surface area contributed by atoms with Gasteiger partial charge in [-0.05, 0) is 29.9 Å². The van der Waals surface area contributed by atoms with E-state index in [1.54, 1.807) is 0 Å². The predicted molar refractivity (Wildman–Crippen MR) is 68.5 cm³/mol. The van der Waals surface area contributed by atoms with Crippen molar-refractivity contribution in [3.8, 4) is 0 Å². The average molecular weight is 222 g/mol. The van der Waals surface area contributed by atoms with Gasteiger partial charge in [0.1, 0.15) is 0 Å². The fourth-order valence-corrected chi connectivity index (χ4v) is 3.21. The molecule has 1 aliphatic rings. The molecule has 1 unspecified atom stereocenters. The molecule has 1 aliphatic heterocycles. The summed E-state index contributed by atoms with van der Waals surface area (Å²) in [5.41, 5.74) is 8.16. The molecule has 1 atom stereocenters. The third-order valence-corrected chi connectivity index (χ3v) is 4.15. The van der Waals surface area contributed by atoms with Crippen LogP contribution < -0.4 is 10.6 Å². The molecule has 0 saturated carbocycles. The maximum absolute atomic E-state index is 5.65. The highest BCUT2D eigenvalue weighted by Crippen LogP contribution is 2.26. The number of hydrogen-bond acceptors (Lipinski definition) is 3. The van der Waals surface area contributed by atoms with Crippen LogP contribution in [0.3, 0.4) is 0 Å². The lowest BCUT2D eigenvalue weighted by Crippen LogP contribution is -2.31. The zero-order valence-electron chi connectivity index (χ0n) is 9.15. The molecule has 1 aromatic rings. The first kappa shape index (κ1) is 10.8. The Kier molecular flexibility index (Phi) is 3.54. The summed E-state index contributed by atoms with van der Waals surface area (Å²) in [6, 6.07) is 9.24. The first-order chi connectivity index (χ1) is 7.31. The van der Waals surface area contributed by atoms with Crippen LogP contribution in [0.4, 0.5) is 5.69 Å². The van der Waals surface area contributed by atoms with Gasteiger partial charge in [0.2, 0.25) is 0 Å². The molecular formula is C12H18N2S. The van der Waals surface area contributed by atoms with Gasteiger partial charge in [-0.2, -0.15) is 11.8 Å². The van der Waals surface area contributed by atoms with Gasteiger partial charge in [0.05, 0.1) is 0 Å². The second-order valence-electron chi connectivity index (χ2n) is 4.00. The number of benzene rings is 1. The van der Waals surface area contributed by atoms with E-state index in [0.29, 0.717) is 12.6 Å². The molecule has 0 radical (unpaired) electrons. The molecule has 2 N–H and O–H groups in total. The second-order valence-corrected chi connectivity index (χ2v) is 5.15. The van der Waals surface area contributed by atoms with Crippen LogP contribution in [0, 0.1) is 0 Å². The predicted octanol–water partition coefficient (Wildman–Crippen LogP) is 2.09. The van der Waals surface area contributed by atoms with E-state index < -0.39 is 0 Å². The summed E-state index contributed by atoms with van der Waals surface area (Å²) in [6.07, 6.45) is 1.30. The van der Waals surface area contributed by atoms with E-state index in [1.807, 2.05) is 11.8 Å². The van der Waals surface area contributed by atoms with Crippen LogP contribution in [-0.4, -0.2) is 24.6 Å². The molecule has 82 valence electrons. The van der Waals surface area contributed by atoms with Crippen molar-refractivity contribution in [1.29, 1.82) is 0 Å². The van der Waals surface area contributed by atoms with Crippen molar-refractivity contribution in [2.75, 3.05) is 23.5 Å². The minimum atomic E-state index is 0.626. The molecule has 15 heavy (non-hydrogen) atoms. The number of thioether (sulfide) groups is 1. The van der Waals surface area contributed by atoms with Gasteiger partial charge in [-0.25, -0.2) is 0 Å². The van der Waals surface area contributed by atoms with Gasteiger partial charge < -0.3 is 10.6 Å². The number of rotatable bonds is 3. The van der Waals surface area contributed by atoms with Crippen molar-refractivity contribution in [3.63, 3.8) is 0 Å². The van der Waals surface area contributed by atoms with Crippen LogP contribution in [0.1, 0.15) is 12.0 Å². The summed E-state index contributed by atoms with van der Waals surface area (Å²) in [4.78, 5) is 2.39. The maximum Gasteiger partial charge on any atom is 0.0385 e. The van der Waals surface area contributed by atoms with Crippen LogP contribution in [0.25, 0.3) is 0 Å². The molecule has 2 nitrogen and oxygen atoms in total. The van der Waals surface area contributed by atoms with Crippen LogP contribution in [0.15, 0.2) is 24.3 Å². The number of nitrogens with two attached hydrogens (primary N) is 1. The smallest absolute Gasteiger partial charge is 0.0385 e. The molecule has 1 fully saturated rings. The number of hydrogen-bond donors (Lipinski definition) is 1. The van der Waals surface area contributed by atoms with E-state index >= 15 is 0 Å². The van der Waals surface area contributed by atoms with Gasteiger partial charge in [-0.1, -0.05) is 12.1 Å². The van der Waals surface area contributed by atoms with Crippen LogP contribution in [0.2, 0.25) is 0 Å². The van der Waals surface area contributed by atoms with Crippen molar-refractivity contribution in [2.45, 2.75) is 19.0 Å². The third kappa shape index (κ3) is 2.47. The van der Waals surface area contributed by atoms with Gasteiger partial charge in [-0.15, -0.1) is 0 Å². The van der Waals surface area contributed by atoms with Gasteiger partial charge in [0.25, 0.3) is 0 Å². The van der Waals surface area contributed by atoms with Gasteiger partial charge >= 0.3 is 0 Å². The van der Waals surface area contributed by atoms with Crippen LogP contribution in [0.5, 0.6) is 0 Å². The lowest BCUT2D eigenvalue weighted by atomic mass is 10.1. The van der Waals surface area contributed by atoms with E-state index in [0.717, 1.165) is 0 Å². The Balaban J connectivity index is 2.13. The SMILES string of the molecule is CN(c1cccc(CN)c1)C1CCSC1. The topological polar surface area (TPSA) is 29.3 Å². The lowest BCUT2D eigenvalue weighted by molar-refractivity contribution is 0.699. The van der Waals surface area contributed by atoms with E-state index in [1.165, 1.54) is 29.2 Å². The normalized spacial score (nSPS) is 20.5. The zero-order chi connectivity index (χ0) is 10.7. The van der Waals surface area contributed by atoms with Crippen LogP contribution in [-0.2, 0) is 6.54 Å². The summed E-state index contributed by atoms with van der Waals surface area (Å²) < 4.78 is 0. The molecule has 0 bridgehead atoms. The average Bonchev–Trinajstić information content (AvgIpc) is 2.81. The summed E-state index contributed by atoms with van der Waals surface area (Å²) in [5.74, 6) is 2.55. The first-order valence-corrected chi connectivity index (χ1v) is 6.56. The first-order valence-electron chi connectivity index (χ1n) is 5.41. The molecule has 1 saturated heterocycles. The Morgan fingerprint density at radius 2 is 2.40 bits per heavy atom. The molecule has 0 spiro atoms. The molecular weight excluding hydrogens is 204 g/mol. The van der Waals surface area contributed by atoms with Gasteiger partial charge in [0, 0.05) is 31.1 Å². The molecule has 2 rings (SSSR count). The summed E-state index contributed by atoms with van der Waals surface area (Å²) >= 11 is 2.05. The molecule has 3 heteroatoms. The fraction of sp³-hybridized carbons (Fsp3) is 0.500. The van der Waals surface area contributed by atoms with Crippen molar-refractivity contribution >= 4 is 17.4 Å². The van der Waals surface area contributed by atoms with Crippen molar-refractivity contribution < 1.29 is 0 Å². The van der Waals surface area contributed by atoms with E-state index in [-0.39, 0.29) is 0 Å². The molecule has 0 aromatic heterocycles. The van der Waals surface area contributed by atoms with Gasteiger partial charge in [-0.3, -0.25) is 0 Å². The molecule has 1 aromatic carbocycles. The van der Waals surface area contributed by atoms with E-state index in [2.05, 4.69) is 36.2 Å². The molecule has 0 aliphatic carbocycles. The Hall–Kier alpha value is -0.670. The highest BCUT2D eigenvalue weighted by molar-refractivity contribution is 7.99. The second kappa shape index (κ2) is 4.90. The number of nitrogens with zero attached hydrogens (tertiary/aromatic N) is 1. The highest BCUT2D eigenvalue weighted by atomic mass is 32.2. The maximum atomic E-state index is 5.65. The standard InChI is InChI=1S/C12H18N2S/c1-14(12-5-6-15-9-12)11-4-2-3-10(7-11)8-13/h2-4,7,12H,5-6,8-9,13H2,1H3. The molecule has 1 heterocycles. The highest BCUT2D eigenvalue weighted by Gasteiger charge is 2.20. The summed E-state index contributed by atoms with van der Waals surface area (Å²) in [5, 5.41) is 0. The Morgan fingerprint density at radius 1 is 1.53 bits per heavy atom.